The summed E-state index contributed by atoms with van der Waals surface area (Å²) in [5.41, 5.74) is 1.94. The average Bonchev–Trinajstić information content (AvgIpc) is 2.72. The zero-order valence-corrected chi connectivity index (χ0v) is 10.6. The Morgan fingerprint density at radius 3 is 2.94 bits per heavy atom. The van der Waals surface area contributed by atoms with Crippen molar-refractivity contribution < 1.29 is 4.79 Å². The number of aromatic nitrogens is 3. The van der Waals surface area contributed by atoms with E-state index in [4.69, 9.17) is 0 Å². The monoisotopic (exact) mass is 291 g/mol. The normalized spacial score (nSPS) is 10.2. The van der Waals surface area contributed by atoms with Crippen LogP contribution in [-0.4, -0.2) is 21.3 Å². The van der Waals surface area contributed by atoms with Crippen molar-refractivity contribution in [3.05, 3.63) is 47.1 Å². The van der Waals surface area contributed by atoms with Gasteiger partial charge in [-0.1, -0.05) is 39.4 Å². The van der Waals surface area contributed by atoms with Crippen molar-refractivity contribution in [2.45, 2.75) is 6.54 Å². The van der Waals surface area contributed by atoms with E-state index >= 15 is 0 Å². The second-order valence-electron chi connectivity index (χ2n) is 3.42. The van der Waals surface area contributed by atoms with Crippen LogP contribution >= 0.6 is 15.9 Å². The number of hydrogen-bond acceptors (Lipinski definition) is 3. The molecule has 0 atom stereocenters. The predicted molar refractivity (Wildman–Crippen MR) is 68.7 cm³/mol. The largest absolute Gasteiger partial charge is 0.296 e. The maximum atomic E-state index is 10.9. The summed E-state index contributed by atoms with van der Waals surface area (Å²) in [6.45, 7) is 4.17. The summed E-state index contributed by atoms with van der Waals surface area (Å²) >= 11 is 3.40. The predicted octanol–water partition coefficient (Wildman–Crippen LogP) is 2.71. The number of allylic oxidation sites excluding steroid dienone is 1. The van der Waals surface area contributed by atoms with E-state index in [1.165, 1.54) is 0 Å². The van der Waals surface area contributed by atoms with Crippen LogP contribution in [0.2, 0.25) is 0 Å². The third kappa shape index (κ3) is 2.34. The molecule has 0 fully saturated rings. The number of carbonyl (C=O) groups excluding carboxylic acids is 1. The Kier molecular flexibility index (Phi) is 3.49. The minimum atomic E-state index is 0.338. The molecule has 0 unspecified atom stereocenters. The van der Waals surface area contributed by atoms with Gasteiger partial charge in [0.05, 0.1) is 12.2 Å². The van der Waals surface area contributed by atoms with E-state index in [2.05, 4.69) is 32.8 Å². The molecular formula is C12H10BrN3O. The highest BCUT2D eigenvalue weighted by atomic mass is 79.9. The first-order chi connectivity index (χ1) is 8.26. The Labute approximate surface area is 107 Å². The number of halogens is 1. The summed E-state index contributed by atoms with van der Waals surface area (Å²) in [6, 6.07) is 7.66. The van der Waals surface area contributed by atoms with Gasteiger partial charge in [0.2, 0.25) is 0 Å². The SMILES string of the molecule is C=CCn1nnc(C=O)c1-c1cccc(Br)c1. The second-order valence-corrected chi connectivity index (χ2v) is 4.34. The lowest BCUT2D eigenvalue weighted by Crippen LogP contribution is -2.00. The molecule has 0 spiro atoms. The first-order valence-electron chi connectivity index (χ1n) is 5.01. The van der Waals surface area contributed by atoms with Gasteiger partial charge in [-0.3, -0.25) is 4.79 Å². The van der Waals surface area contributed by atoms with E-state index in [1.54, 1.807) is 10.8 Å². The van der Waals surface area contributed by atoms with Gasteiger partial charge in [-0.2, -0.15) is 0 Å². The molecule has 2 rings (SSSR count). The molecule has 17 heavy (non-hydrogen) atoms. The average molecular weight is 292 g/mol. The van der Waals surface area contributed by atoms with Gasteiger partial charge < -0.3 is 0 Å². The third-order valence-corrected chi connectivity index (χ3v) is 2.77. The van der Waals surface area contributed by atoms with E-state index in [-0.39, 0.29) is 0 Å². The van der Waals surface area contributed by atoms with E-state index in [9.17, 15) is 4.79 Å². The van der Waals surface area contributed by atoms with Crippen molar-refractivity contribution in [2.75, 3.05) is 0 Å². The van der Waals surface area contributed by atoms with Crippen LogP contribution in [0.3, 0.4) is 0 Å². The number of benzene rings is 1. The lowest BCUT2D eigenvalue weighted by Gasteiger charge is -2.04. The van der Waals surface area contributed by atoms with Gasteiger partial charge in [0, 0.05) is 10.0 Å². The van der Waals surface area contributed by atoms with Crippen LogP contribution in [0.15, 0.2) is 41.4 Å². The van der Waals surface area contributed by atoms with Gasteiger partial charge in [0.25, 0.3) is 0 Å². The molecule has 1 heterocycles. The molecule has 86 valence electrons. The summed E-state index contributed by atoms with van der Waals surface area (Å²) < 4.78 is 2.59. The van der Waals surface area contributed by atoms with Crippen molar-refractivity contribution in [2.24, 2.45) is 0 Å². The Morgan fingerprint density at radius 1 is 1.47 bits per heavy atom. The minimum Gasteiger partial charge on any atom is -0.296 e. The highest BCUT2D eigenvalue weighted by Gasteiger charge is 2.13. The molecule has 1 aromatic heterocycles. The van der Waals surface area contributed by atoms with Crippen molar-refractivity contribution in [1.29, 1.82) is 0 Å². The maximum absolute atomic E-state index is 10.9. The Bertz CT molecular complexity index is 563. The quantitative estimate of drug-likeness (QED) is 0.643. The molecule has 0 aliphatic heterocycles. The van der Waals surface area contributed by atoms with Crippen molar-refractivity contribution in [3.63, 3.8) is 0 Å². The summed E-state index contributed by atoms with van der Waals surface area (Å²) in [6.07, 6.45) is 2.42. The molecule has 5 heteroatoms. The number of aldehydes is 1. The molecule has 0 N–H and O–H groups in total. The van der Waals surface area contributed by atoms with Gasteiger partial charge in [0.15, 0.2) is 12.0 Å². The first kappa shape index (κ1) is 11.7. The van der Waals surface area contributed by atoms with E-state index in [0.29, 0.717) is 24.2 Å². The summed E-state index contributed by atoms with van der Waals surface area (Å²) in [7, 11) is 0. The van der Waals surface area contributed by atoms with Gasteiger partial charge in [0.1, 0.15) is 0 Å². The molecule has 1 aromatic carbocycles. The zero-order valence-electron chi connectivity index (χ0n) is 9.01. The lowest BCUT2D eigenvalue weighted by atomic mass is 10.1. The van der Waals surface area contributed by atoms with Crippen LogP contribution in [0.4, 0.5) is 0 Å². The van der Waals surface area contributed by atoms with Crippen LogP contribution < -0.4 is 0 Å². The highest BCUT2D eigenvalue weighted by molar-refractivity contribution is 9.10. The fourth-order valence-electron chi connectivity index (χ4n) is 1.59. The minimum absolute atomic E-state index is 0.338. The molecule has 0 aliphatic carbocycles. The molecule has 0 saturated carbocycles. The Morgan fingerprint density at radius 2 is 2.29 bits per heavy atom. The van der Waals surface area contributed by atoms with E-state index < -0.39 is 0 Å². The standard InChI is InChI=1S/C12H10BrN3O/c1-2-6-16-12(11(8-17)14-15-16)9-4-3-5-10(13)7-9/h2-5,7-8H,1,6H2. The smallest absolute Gasteiger partial charge is 0.172 e. The zero-order chi connectivity index (χ0) is 12.3. The van der Waals surface area contributed by atoms with Gasteiger partial charge in [-0.05, 0) is 12.1 Å². The highest BCUT2D eigenvalue weighted by Crippen LogP contribution is 2.24. The van der Waals surface area contributed by atoms with Crippen molar-refractivity contribution in [1.82, 2.24) is 15.0 Å². The van der Waals surface area contributed by atoms with Crippen LogP contribution in [0.1, 0.15) is 10.5 Å². The first-order valence-corrected chi connectivity index (χ1v) is 5.81. The van der Waals surface area contributed by atoms with Crippen molar-refractivity contribution >= 4 is 22.2 Å². The molecule has 2 aromatic rings. The van der Waals surface area contributed by atoms with Gasteiger partial charge >= 0.3 is 0 Å². The number of carbonyl (C=O) groups is 1. The molecule has 0 amide bonds. The molecule has 0 aliphatic rings. The molecule has 0 saturated heterocycles. The fourth-order valence-corrected chi connectivity index (χ4v) is 1.99. The topological polar surface area (TPSA) is 47.8 Å². The van der Waals surface area contributed by atoms with Gasteiger partial charge in [-0.25, -0.2) is 4.68 Å². The molecule has 0 bridgehead atoms. The van der Waals surface area contributed by atoms with Crippen LogP contribution in [-0.2, 0) is 6.54 Å². The molecule has 0 radical (unpaired) electrons. The van der Waals surface area contributed by atoms with Crippen LogP contribution in [0.25, 0.3) is 11.3 Å². The summed E-state index contributed by atoms with van der Waals surface area (Å²) in [4.78, 5) is 10.9. The van der Waals surface area contributed by atoms with Crippen LogP contribution in [0.5, 0.6) is 0 Å². The maximum Gasteiger partial charge on any atom is 0.172 e. The lowest BCUT2D eigenvalue weighted by molar-refractivity contribution is 0.111. The van der Waals surface area contributed by atoms with E-state index in [0.717, 1.165) is 10.0 Å². The molecular weight excluding hydrogens is 282 g/mol. The van der Waals surface area contributed by atoms with Crippen molar-refractivity contribution in [3.8, 4) is 11.3 Å². The van der Waals surface area contributed by atoms with Crippen LogP contribution in [0, 0.1) is 0 Å². The van der Waals surface area contributed by atoms with Gasteiger partial charge in [-0.15, -0.1) is 11.7 Å². The summed E-state index contributed by atoms with van der Waals surface area (Å²) in [5.74, 6) is 0. The third-order valence-electron chi connectivity index (χ3n) is 2.27. The molecule has 4 nitrogen and oxygen atoms in total. The van der Waals surface area contributed by atoms with E-state index in [1.807, 2.05) is 24.3 Å². The second kappa shape index (κ2) is 5.05. The summed E-state index contributed by atoms with van der Waals surface area (Å²) in [5, 5.41) is 7.77. The Hall–Kier alpha value is -1.75. The number of rotatable bonds is 4. The number of nitrogens with zero attached hydrogens (tertiary/aromatic N) is 3. The number of hydrogen-bond donors (Lipinski definition) is 0. The Balaban J connectivity index is 2.59. The fraction of sp³-hybridized carbons (Fsp3) is 0.0833.